The molecule has 0 atom stereocenters. The number of rotatable bonds is 4. The van der Waals surface area contributed by atoms with E-state index in [2.05, 4.69) is 15.0 Å². The molecule has 3 aromatic rings. The molecular weight excluding hydrogens is 335 g/mol. The summed E-state index contributed by atoms with van der Waals surface area (Å²) in [6, 6.07) is 7.41. The molecule has 0 radical (unpaired) electrons. The van der Waals surface area contributed by atoms with Crippen molar-refractivity contribution in [2.45, 2.75) is 31.7 Å². The molecule has 0 aliphatic heterocycles. The number of halogens is 3. The van der Waals surface area contributed by atoms with Crippen molar-refractivity contribution < 1.29 is 17.9 Å². The number of anilines is 1. The average molecular weight is 349 g/mol. The quantitative estimate of drug-likeness (QED) is 0.783. The van der Waals surface area contributed by atoms with E-state index in [9.17, 15) is 13.2 Å². The van der Waals surface area contributed by atoms with Gasteiger partial charge in [-0.15, -0.1) is 0 Å². The number of benzene rings is 1. The molecule has 1 aliphatic rings. The largest absolute Gasteiger partial charge is 0.490 e. The Morgan fingerprint density at radius 1 is 1.20 bits per heavy atom. The van der Waals surface area contributed by atoms with E-state index in [1.165, 1.54) is 10.9 Å². The van der Waals surface area contributed by atoms with Gasteiger partial charge >= 0.3 is 6.18 Å². The summed E-state index contributed by atoms with van der Waals surface area (Å²) >= 11 is 0. The van der Waals surface area contributed by atoms with Gasteiger partial charge in [-0.3, -0.25) is 0 Å². The highest BCUT2D eigenvalue weighted by atomic mass is 19.4. The highest BCUT2D eigenvalue weighted by molar-refractivity contribution is 5.81. The van der Waals surface area contributed by atoms with Gasteiger partial charge in [0.25, 0.3) is 0 Å². The zero-order valence-electron chi connectivity index (χ0n) is 13.0. The number of para-hydroxylation sites is 1. The maximum atomic E-state index is 12.9. The third-order valence-corrected chi connectivity index (χ3v) is 3.88. The molecule has 1 fully saturated rings. The predicted molar refractivity (Wildman–Crippen MR) is 83.9 cm³/mol. The van der Waals surface area contributed by atoms with Gasteiger partial charge in [-0.05, 0) is 18.9 Å². The molecule has 2 N–H and O–H groups in total. The summed E-state index contributed by atoms with van der Waals surface area (Å²) in [5, 5.41) is 0. The van der Waals surface area contributed by atoms with E-state index < -0.39 is 12.0 Å². The lowest BCUT2D eigenvalue weighted by Crippen LogP contribution is -2.14. The number of alkyl halides is 3. The molecule has 1 saturated carbocycles. The van der Waals surface area contributed by atoms with Crippen LogP contribution in [0.4, 0.5) is 19.0 Å². The highest BCUT2D eigenvalue weighted by Gasteiger charge is 2.36. The van der Waals surface area contributed by atoms with Crippen LogP contribution >= 0.6 is 0 Å². The Morgan fingerprint density at radius 2 is 1.96 bits per heavy atom. The summed E-state index contributed by atoms with van der Waals surface area (Å²) < 4.78 is 46.2. The molecular formula is C16H14F3N5O. The SMILES string of the molecule is Nc1nc(C(F)(F)F)nc2c1ncn2Cc1ccccc1OC1CC1. The van der Waals surface area contributed by atoms with E-state index in [0.29, 0.717) is 5.75 Å². The van der Waals surface area contributed by atoms with Crippen LogP contribution < -0.4 is 10.5 Å². The first-order chi connectivity index (χ1) is 11.9. The van der Waals surface area contributed by atoms with Gasteiger partial charge in [-0.25, -0.2) is 15.0 Å². The Labute approximate surface area is 140 Å². The minimum absolute atomic E-state index is 0.0426. The predicted octanol–water partition coefficient (Wildman–Crippen LogP) is 3.02. The number of hydrogen-bond donors (Lipinski definition) is 1. The first-order valence-electron chi connectivity index (χ1n) is 7.72. The van der Waals surface area contributed by atoms with Crippen molar-refractivity contribution in [2.75, 3.05) is 5.73 Å². The van der Waals surface area contributed by atoms with Crippen LogP contribution in [0.1, 0.15) is 24.2 Å². The fourth-order valence-corrected chi connectivity index (χ4v) is 2.51. The molecule has 4 rings (SSSR count). The Kier molecular flexibility index (Phi) is 3.52. The van der Waals surface area contributed by atoms with Crippen molar-refractivity contribution >= 4 is 17.0 Å². The molecule has 6 nitrogen and oxygen atoms in total. The number of ether oxygens (including phenoxy) is 1. The zero-order chi connectivity index (χ0) is 17.6. The number of fused-ring (bicyclic) bond motifs is 1. The van der Waals surface area contributed by atoms with Crippen LogP contribution in [0.3, 0.4) is 0 Å². The van der Waals surface area contributed by atoms with Gasteiger partial charge in [0.15, 0.2) is 11.5 Å². The van der Waals surface area contributed by atoms with Crippen LogP contribution in [0.2, 0.25) is 0 Å². The molecule has 0 bridgehead atoms. The summed E-state index contributed by atoms with van der Waals surface area (Å²) in [6.07, 6.45) is -1.02. The van der Waals surface area contributed by atoms with Crippen molar-refractivity contribution in [3.05, 3.63) is 42.0 Å². The van der Waals surface area contributed by atoms with Crippen LogP contribution in [-0.4, -0.2) is 25.6 Å². The van der Waals surface area contributed by atoms with Crippen LogP contribution in [0.15, 0.2) is 30.6 Å². The lowest BCUT2D eigenvalue weighted by atomic mass is 10.2. The highest BCUT2D eigenvalue weighted by Crippen LogP contribution is 2.31. The van der Waals surface area contributed by atoms with E-state index in [1.807, 2.05) is 24.3 Å². The van der Waals surface area contributed by atoms with Crippen LogP contribution in [0.25, 0.3) is 11.2 Å². The van der Waals surface area contributed by atoms with Gasteiger partial charge in [-0.1, -0.05) is 18.2 Å². The third-order valence-electron chi connectivity index (χ3n) is 3.88. The first kappa shape index (κ1) is 15.7. The van der Waals surface area contributed by atoms with Gasteiger partial charge in [0.2, 0.25) is 5.82 Å². The van der Waals surface area contributed by atoms with Gasteiger partial charge in [0.05, 0.1) is 19.0 Å². The smallest absolute Gasteiger partial charge is 0.451 e. The number of hydrogen-bond acceptors (Lipinski definition) is 5. The van der Waals surface area contributed by atoms with Crippen molar-refractivity contribution in [3.63, 3.8) is 0 Å². The molecule has 0 unspecified atom stereocenters. The molecule has 25 heavy (non-hydrogen) atoms. The summed E-state index contributed by atoms with van der Waals surface area (Å²) in [5.74, 6) is -0.856. The Bertz CT molecular complexity index is 933. The molecule has 9 heteroatoms. The monoisotopic (exact) mass is 349 g/mol. The zero-order valence-corrected chi connectivity index (χ0v) is 13.0. The second-order valence-electron chi connectivity index (χ2n) is 5.90. The van der Waals surface area contributed by atoms with Gasteiger partial charge < -0.3 is 15.0 Å². The maximum Gasteiger partial charge on any atom is 0.451 e. The molecule has 0 spiro atoms. The fraction of sp³-hybridized carbons (Fsp3) is 0.312. The second-order valence-corrected chi connectivity index (χ2v) is 5.90. The summed E-state index contributed by atoms with van der Waals surface area (Å²) in [5.41, 5.74) is 6.64. The van der Waals surface area contributed by atoms with Crippen LogP contribution in [-0.2, 0) is 12.7 Å². The van der Waals surface area contributed by atoms with Gasteiger partial charge in [0.1, 0.15) is 11.3 Å². The van der Waals surface area contributed by atoms with Crippen molar-refractivity contribution in [2.24, 2.45) is 0 Å². The maximum absolute atomic E-state index is 12.9. The molecule has 0 amide bonds. The Hall–Kier alpha value is -2.84. The number of aromatic nitrogens is 4. The number of imidazole rings is 1. The van der Waals surface area contributed by atoms with E-state index in [4.69, 9.17) is 10.5 Å². The van der Waals surface area contributed by atoms with E-state index in [-0.39, 0.29) is 29.6 Å². The Balaban J connectivity index is 1.74. The standard InChI is InChI=1S/C16H14F3N5O/c17-16(18,19)15-22-13(20)12-14(23-15)24(8-21-12)7-9-3-1-2-4-11(9)25-10-5-6-10/h1-4,8,10H,5-7H2,(H2,20,22,23). The number of nitrogens with zero attached hydrogens (tertiary/aromatic N) is 4. The third kappa shape index (κ3) is 3.09. The minimum Gasteiger partial charge on any atom is -0.490 e. The molecule has 130 valence electrons. The van der Waals surface area contributed by atoms with Crippen LogP contribution in [0, 0.1) is 0 Å². The van der Waals surface area contributed by atoms with E-state index >= 15 is 0 Å². The second kappa shape index (κ2) is 5.61. The van der Waals surface area contributed by atoms with Crippen molar-refractivity contribution in [3.8, 4) is 5.75 Å². The molecule has 0 saturated heterocycles. The van der Waals surface area contributed by atoms with Gasteiger partial charge in [-0.2, -0.15) is 13.2 Å². The lowest BCUT2D eigenvalue weighted by Gasteiger charge is -2.12. The van der Waals surface area contributed by atoms with Crippen molar-refractivity contribution in [1.29, 1.82) is 0 Å². The number of nitrogen functional groups attached to an aromatic ring is 1. The van der Waals surface area contributed by atoms with Gasteiger partial charge in [0, 0.05) is 5.56 Å². The van der Waals surface area contributed by atoms with Crippen LogP contribution in [0.5, 0.6) is 5.75 Å². The molecule has 1 aliphatic carbocycles. The molecule has 2 heterocycles. The van der Waals surface area contributed by atoms with Crippen molar-refractivity contribution in [1.82, 2.24) is 19.5 Å². The topological polar surface area (TPSA) is 78.9 Å². The Morgan fingerprint density at radius 3 is 2.68 bits per heavy atom. The minimum atomic E-state index is -4.68. The lowest BCUT2D eigenvalue weighted by molar-refractivity contribution is -0.144. The van der Waals surface area contributed by atoms with E-state index in [0.717, 1.165) is 18.4 Å². The summed E-state index contributed by atoms with van der Waals surface area (Å²) in [6.45, 7) is 0.271. The molecule has 1 aromatic carbocycles. The normalized spacial score (nSPS) is 14.8. The average Bonchev–Trinajstić information content (AvgIpc) is 3.28. The first-order valence-corrected chi connectivity index (χ1v) is 7.72. The van der Waals surface area contributed by atoms with E-state index in [1.54, 1.807) is 0 Å². The summed E-state index contributed by atoms with van der Waals surface area (Å²) in [7, 11) is 0. The molecule has 2 aromatic heterocycles. The summed E-state index contributed by atoms with van der Waals surface area (Å²) in [4.78, 5) is 11.0. The fourth-order valence-electron chi connectivity index (χ4n) is 2.51. The number of nitrogens with two attached hydrogens (primary N) is 1.